The normalized spacial score (nSPS) is 10.3. The predicted molar refractivity (Wildman–Crippen MR) is 51.2 cm³/mol. The van der Waals surface area contributed by atoms with Gasteiger partial charge < -0.3 is 20.1 Å². The zero-order chi connectivity index (χ0) is 11.3. The molecule has 0 atom stereocenters. The molecule has 0 bridgehead atoms. The SMILES string of the molecule is O=C(OCCC(O)O)c1ccccc1O. The summed E-state index contributed by atoms with van der Waals surface area (Å²) in [6, 6.07) is 5.98. The van der Waals surface area contributed by atoms with Crippen molar-refractivity contribution in [1.29, 1.82) is 0 Å². The molecular weight excluding hydrogens is 200 g/mol. The number of phenolic OH excluding ortho intramolecular Hbond substituents is 1. The fraction of sp³-hybridized carbons (Fsp3) is 0.300. The number of aliphatic hydroxyl groups excluding tert-OH is 1. The van der Waals surface area contributed by atoms with Crippen molar-refractivity contribution in [2.45, 2.75) is 12.7 Å². The fourth-order valence-electron chi connectivity index (χ4n) is 0.981. The van der Waals surface area contributed by atoms with Crippen LogP contribution in [0.25, 0.3) is 0 Å². The van der Waals surface area contributed by atoms with Gasteiger partial charge in [-0.25, -0.2) is 4.79 Å². The molecule has 5 heteroatoms. The van der Waals surface area contributed by atoms with Gasteiger partial charge in [0.15, 0.2) is 6.29 Å². The summed E-state index contributed by atoms with van der Waals surface area (Å²) in [5.74, 6) is -0.846. The van der Waals surface area contributed by atoms with Gasteiger partial charge in [0.2, 0.25) is 0 Å². The third-order valence-electron chi connectivity index (χ3n) is 1.73. The van der Waals surface area contributed by atoms with E-state index in [2.05, 4.69) is 0 Å². The lowest BCUT2D eigenvalue weighted by Gasteiger charge is -2.06. The molecule has 1 rings (SSSR count). The lowest BCUT2D eigenvalue weighted by molar-refractivity contribution is -0.0562. The third kappa shape index (κ3) is 3.57. The van der Waals surface area contributed by atoms with Crippen LogP contribution in [0.4, 0.5) is 0 Å². The number of carbonyl (C=O) groups is 1. The maximum atomic E-state index is 11.3. The van der Waals surface area contributed by atoms with Crippen LogP contribution in [-0.4, -0.2) is 34.2 Å². The highest BCUT2D eigenvalue weighted by Crippen LogP contribution is 2.16. The van der Waals surface area contributed by atoms with Gasteiger partial charge in [-0.1, -0.05) is 12.1 Å². The summed E-state index contributed by atoms with van der Waals surface area (Å²) in [7, 11) is 0. The summed E-state index contributed by atoms with van der Waals surface area (Å²) in [4.78, 5) is 11.3. The van der Waals surface area contributed by atoms with Gasteiger partial charge in [-0.15, -0.1) is 0 Å². The van der Waals surface area contributed by atoms with Crippen molar-refractivity contribution >= 4 is 5.97 Å². The number of para-hydroxylation sites is 1. The van der Waals surface area contributed by atoms with Crippen LogP contribution in [0, 0.1) is 0 Å². The molecule has 82 valence electrons. The number of ether oxygens (including phenoxy) is 1. The summed E-state index contributed by atoms with van der Waals surface area (Å²) in [6.45, 7) is -0.106. The highest BCUT2D eigenvalue weighted by molar-refractivity contribution is 5.92. The second-order valence-corrected chi connectivity index (χ2v) is 2.92. The molecule has 0 saturated carbocycles. The molecule has 0 unspecified atom stereocenters. The van der Waals surface area contributed by atoms with Crippen LogP contribution in [0.2, 0.25) is 0 Å². The molecule has 15 heavy (non-hydrogen) atoms. The van der Waals surface area contributed by atoms with Crippen molar-refractivity contribution in [3.05, 3.63) is 29.8 Å². The number of aromatic hydroxyl groups is 1. The standard InChI is InChI=1S/C10H12O5/c11-8-4-2-1-3-7(8)10(14)15-6-5-9(12)13/h1-4,9,11-13H,5-6H2. The van der Waals surface area contributed by atoms with Crippen LogP contribution in [0.15, 0.2) is 24.3 Å². The Balaban J connectivity index is 2.51. The Morgan fingerprint density at radius 2 is 2.00 bits per heavy atom. The van der Waals surface area contributed by atoms with Gasteiger partial charge in [0.25, 0.3) is 0 Å². The lowest BCUT2D eigenvalue weighted by atomic mass is 10.2. The number of esters is 1. The summed E-state index contributed by atoms with van der Waals surface area (Å²) in [5.41, 5.74) is 0.0601. The van der Waals surface area contributed by atoms with E-state index in [1.807, 2.05) is 0 Å². The van der Waals surface area contributed by atoms with Crippen molar-refractivity contribution in [2.24, 2.45) is 0 Å². The molecule has 0 fully saturated rings. The minimum Gasteiger partial charge on any atom is -0.507 e. The number of aliphatic hydroxyl groups is 2. The van der Waals surface area contributed by atoms with Crippen molar-refractivity contribution in [2.75, 3.05) is 6.61 Å². The number of hydrogen-bond donors (Lipinski definition) is 3. The topological polar surface area (TPSA) is 87.0 Å². The zero-order valence-electron chi connectivity index (χ0n) is 7.96. The molecule has 1 aromatic rings. The molecule has 1 aromatic carbocycles. The average molecular weight is 212 g/mol. The van der Waals surface area contributed by atoms with Crippen molar-refractivity contribution in [3.8, 4) is 5.75 Å². The quantitative estimate of drug-likeness (QED) is 0.492. The Hall–Kier alpha value is -1.59. The Bertz CT molecular complexity index is 334. The minimum absolute atomic E-state index is 0.0562. The molecule has 0 aliphatic carbocycles. The van der Waals surface area contributed by atoms with Crippen LogP contribution in [0.3, 0.4) is 0 Å². The maximum absolute atomic E-state index is 11.3. The smallest absolute Gasteiger partial charge is 0.341 e. The lowest BCUT2D eigenvalue weighted by Crippen LogP contribution is -2.12. The molecule has 0 heterocycles. The van der Waals surface area contributed by atoms with E-state index >= 15 is 0 Å². The van der Waals surface area contributed by atoms with E-state index in [4.69, 9.17) is 14.9 Å². The average Bonchev–Trinajstić information content (AvgIpc) is 2.17. The molecule has 0 saturated heterocycles. The van der Waals surface area contributed by atoms with Crippen LogP contribution < -0.4 is 0 Å². The minimum atomic E-state index is -1.50. The first-order valence-electron chi connectivity index (χ1n) is 4.42. The number of hydrogen-bond acceptors (Lipinski definition) is 5. The first-order chi connectivity index (χ1) is 7.11. The van der Waals surface area contributed by atoms with Gasteiger partial charge in [0, 0.05) is 6.42 Å². The van der Waals surface area contributed by atoms with E-state index in [-0.39, 0.29) is 24.3 Å². The van der Waals surface area contributed by atoms with Gasteiger partial charge in [0.05, 0.1) is 6.61 Å². The van der Waals surface area contributed by atoms with Crippen molar-refractivity contribution in [3.63, 3.8) is 0 Å². The first-order valence-corrected chi connectivity index (χ1v) is 4.42. The molecule has 0 spiro atoms. The van der Waals surface area contributed by atoms with E-state index in [9.17, 15) is 9.90 Å². The summed E-state index contributed by atoms with van der Waals surface area (Å²) >= 11 is 0. The van der Waals surface area contributed by atoms with E-state index in [0.717, 1.165) is 0 Å². The zero-order valence-corrected chi connectivity index (χ0v) is 7.96. The summed E-state index contributed by atoms with van der Waals surface area (Å²) in [5, 5.41) is 26.3. The number of phenols is 1. The molecule has 0 radical (unpaired) electrons. The molecule has 0 aliphatic heterocycles. The Morgan fingerprint density at radius 1 is 1.33 bits per heavy atom. The predicted octanol–water partition coefficient (Wildman–Crippen LogP) is 0.250. The van der Waals surface area contributed by atoms with Crippen LogP contribution in [0.1, 0.15) is 16.8 Å². The maximum Gasteiger partial charge on any atom is 0.341 e. The van der Waals surface area contributed by atoms with E-state index in [1.54, 1.807) is 12.1 Å². The Morgan fingerprint density at radius 3 is 2.60 bits per heavy atom. The van der Waals surface area contributed by atoms with E-state index < -0.39 is 12.3 Å². The van der Waals surface area contributed by atoms with Gasteiger partial charge >= 0.3 is 5.97 Å². The van der Waals surface area contributed by atoms with Gasteiger partial charge in [-0.05, 0) is 12.1 Å². The molecule has 0 aliphatic rings. The second kappa shape index (κ2) is 5.33. The van der Waals surface area contributed by atoms with Crippen molar-refractivity contribution in [1.82, 2.24) is 0 Å². The van der Waals surface area contributed by atoms with Gasteiger partial charge in [0.1, 0.15) is 11.3 Å². The Kier molecular flexibility index (Phi) is 4.08. The van der Waals surface area contributed by atoms with E-state index in [1.165, 1.54) is 12.1 Å². The van der Waals surface area contributed by atoms with Gasteiger partial charge in [-0.3, -0.25) is 0 Å². The third-order valence-corrected chi connectivity index (χ3v) is 1.73. The van der Waals surface area contributed by atoms with Crippen LogP contribution in [0.5, 0.6) is 5.75 Å². The second-order valence-electron chi connectivity index (χ2n) is 2.92. The highest BCUT2D eigenvalue weighted by Gasteiger charge is 2.11. The largest absolute Gasteiger partial charge is 0.507 e. The molecule has 0 amide bonds. The molecule has 3 N–H and O–H groups in total. The number of benzene rings is 1. The highest BCUT2D eigenvalue weighted by atomic mass is 16.5. The van der Waals surface area contributed by atoms with E-state index in [0.29, 0.717) is 0 Å². The van der Waals surface area contributed by atoms with Crippen LogP contribution >= 0.6 is 0 Å². The summed E-state index contributed by atoms with van der Waals surface area (Å²) in [6.07, 6.45) is -1.55. The first kappa shape index (κ1) is 11.5. The molecule has 5 nitrogen and oxygen atoms in total. The fourth-order valence-corrected chi connectivity index (χ4v) is 0.981. The molecular formula is C10H12O5. The number of rotatable bonds is 4. The molecule has 0 aromatic heterocycles. The van der Waals surface area contributed by atoms with Crippen molar-refractivity contribution < 1.29 is 24.9 Å². The Labute approximate surface area is 86.5 Å². The van der Waals surface area contributed by atoms with Gasteiger partial charge in [-0.2, -0.15) is 0 Å². The summed E-state index contributed by atoms with van der Waals surface area (Å²) < 4.78 is 4.70. The number of carbonyl (C=O) groups excluding carboxylic acids is 1. The van der Waals surface area contributed by atoms with Crippen LogP contribution in [-0.2, 0) is 4.74 Å². The monoisotopic (exact) mass is 212 g/mol.